The van der Waals surface area contributed by atoms with Crippen LogP contribution in [0.5, 0.6) is 0 Å². The van der Waals surface area contributed by atoms with Crippen LogP contribution >= 0.6 is 0 Å². The number of benzene rings is 1. The highest BCUT2D eigenvalue weighted by molar-refractivity contribution is 5.76. The molecule has 2 heterocycles. The Morgan fingerprint density at radius 2 is 1.78 bits per heavy atom. The van der Waals surface area contributed by atoms with Gasteiger partial charge in [0.25, 0.3) is 0 Å². The summed E-state index contributed by atoms with van der Waals surface area (Å²) in [5.41, 5.74) is 2.57. The lowest BCUT2D eigenvalue weighted by molar-refractivity contribution is -0.131. The first-order chi connectivity index (χ1) is 11.1. The fourth-order valence-electron chi connectivity index (χ4n) is 3.94. The van der Waals surface area contributed by atoms with Crippen LogP contribution in [0.2, 0.25) is 0 Å². The summed E-state index contributed by atoms with van der Waals surface area (Å²) in [5.74, 6) is 1.21. The van der Waals surface area contributed by atoms with Crippen molar-refractivity contribution in [2.45, 2.75) is 58.5 Å². The molecular formula is C20H30N2O. The molecule has 1 atom stereocenters. The van der Waals surface area contributed by atoms with Gasteiger partial charge < -0.3 is 9.80 Å². The van der Waals surface area contributed by atoms with Crippen LogP contribution in [-0.2, 0) is 11.3 Å². The van der Waals surface area contributed by atoms with Gasteiger partial charge in [-0.3, -0.25) is 4.79 Å². The normalized spacial score (nSPS) is 24.7. The van der Waals surface area contributed by atoms with E-state index in [1.165, 1.54) is 37.1 Å². The molecule has 1 amide bonds. The van der Waals surface area contributed by atoms with Crippen molar-refractivity contribution in [1.82, 2.24) is 9.80 Å². The van der Waals surface area contributed by atoms with E-state index >= 15 is 0 Å². The molecule has 126 valence electrons. The zero-order chi connectivity index (χ0) is 16.2. The molecule has 0 radical (unpaired) electrons. The van der Waals surface area contributed by atoms with Crippen molar-refractivity contribution >= 4 is 5.91 Å². The quantitative estimate of drug-likeness (QED) is 0.851. The van der Waals surface area contributed by atoms with Crippen LogP contribution < -0.4 is 0 Å². The molecule has 0 saturated carbocycles. The Morgan fingerprint density at radius 3 is 2.52 bits per heavy atom. The summed E-state index contributed by atoms with van der Waals surface area (Å²) in [7, 11) is 0. The van der Waals surface area contributed by atoms with E-state index in [1.54, 1.807) is 0 Å². The molecule has 3 heteroatoms. The van der Waals surface area contributed by atoms with E-state index in [0.717, 1.165) is 31.8 Å². The first-order valence-electron chi connectivity index (χ1n) is 9.20. The Bertz CT molecular complexity index is 534. The molecule has 1 unspecified atom stereocenters. The van der Waals surface area contributed by atoms with Crippen LogP contribution in [0.4, 0.5) is 0 Å². The number of nitrogens with zero attached hydrogens (tertiary/aromatic N) is 2. The van der Waals surface area contributed by atoms with Crippen molar-refractivity contribution in [3.8, 4) is 0 Å². The zero-order valence-corrected chi connectivity index (χ0v) is 14.6. The molecule has 2 fully saturated rings. The van der Waals surface area contributed by atoms with Gasteiger partial charge in [0.05, 0.1) is 0 Å². The Balaban J connectivity index is 1.60. The van der Waals surface area contributed by atoms with Gasteiger partial charge in [0, 0.05) is 25.6 Å². The Labute approximate surface area is 140 Å². The van der Waals surface area contributed by atoms with Gasteiger partial charge in [-0.05, 0) is 62.7 Å². The number of carbonyl (C=O) groups is 1. The lowest BCUT2D eigenvalue weighted by Gasteiger charge is -2.36. The fraction of sp³-hybridized carbons (Fsp3) is 0.650. The minimum atomic E-state index is 0.334. The number of likely N-dealkylation sites (tertiary alicyclic amines) is 2. The third-order valence-corrected chi connectivity index (χ3v) is 5.73. The second kappa shape index (κ2) is 7.48. The summed E-state index contributed by atoms with van der Waals surface area (Å²) < 4.78 is 0. The maximum atomic E-state index is 12.5. The highest BCUT2D eigenvalue weighted by Gasteiger charge is 2.28. The molecule has 0 bridgehead atoms. The van der Waals surface area contributed by atoms with Gasteiger partial charge in [-0.25, -0.2) is 0 Å². The molecule has 3 nitrogen and oxygen atoms in total. The summed E-state index contributed by atoms with van der Waals surface area (Å²) in [5, 5.41) is 0. The number of hydrogen-bond acceptors (Lipinski definition) is 2. The van der Waals surface area contributed by atoms with Crippen molar-refractivity contribution in [1.29, 1.82) is 0 Å². The molecule has 2 saturated heterocycles. The number of aryl methyl sites for hydroxylation is 1. The number of hydrogen-bond donors (Lipinski definition) is 0. The van der Waals surface area contributed by atoms with Gasteiger partial charge in [-0.2, -0.15) is 0 Å². The largest absolute Gasteiger partial charge is 0.338 e. The summed E-state index contributed by atoms with van der Waals surface area (Å²) in [6.07, 6.45) is 5.51. The van der Waals surface area contributed by atoms with Crippen LogP contribution in [-0.4, -0.2) is 41.4 Å². The molecule has 0 N–H and O–H groups in total. The summed E-state index contributed by atoms with van der Waals surface area (Å²) in [4.78, 5) is 17.2. The van der Waals surface area contributed by atoms with Crippen LogP contribution in [0, 0.1) is 12.8 Å². The van der Waals surface area contributed by atoms with Crippen molar-refractivity contribution in [2.75, 3.05) is 19.6 Å². The third-order valence-electron chi connectivity index (χ3n) is 5.73. The number of rotatable bonds is 3. The third kappa shape index (κ3) is 4.14. The second-order valence-electron chi connectivity index (χ2n) is 7.44. The Morgan fingerprint density at radius 1 is 1.04 bits per heavy atom. The molecule has 0 spiro atoms. The maximum Gasteiger partial charge on any atom is 0.222 e. The topological polar surface area (TPSA) is 23.6 Å². The molecule has 3 rings (SSSR count). The Kier molecular flexibility index (Phi) is 5.37. The van der Waals surface area contributed by atoms with Crippen molar-refractivity contribution in [3.63, 3.8) is 0 Å². The lowest BCUT2D eigenvalue weighted by atomic mass is 9.96. The van der Waals surface area contributed by atoms with Gasteiger partial charge in [-0.1, -0.05) is 31.2 Å². The summed E-state index contributed by atoms with van der Waals surface area (Å²) in [6, 6.07) is 9.03. The number of amides is 1. The van der Waals surface area contributed by atoms with Gasteiger partial charge in [-0.15, -0.1) is 0 Å². The molecule has 23 heavy (non-hydrogen) atoms. The van der Waals surface area contributed by atoms with E-state index < -0.39 is 0 Å². The number of carbonyl (C=O) groups excluding carboxylic acids is 1. The van der Waals surface area contributed by atoms with Crippen molar-refractivity contribution < 1.29 is 4.79 Å². The highest BCUT2D eigenvalue weighted by atomic mass is 16.2. The summed E-state index contributed by atoms with van der Waals surface area (Å²) >= 11 is 0. The predicted molar refractivity (Wildman–Crippen MR) is 94.2 cm³/mol. The fourth-order valence-corrected chi connectivity index (χ4v) is 3.94. The van der Waals surface area contributed by atoms with E-state index in [2.05, 4.69) is 47.9 Å². The second-order valence-corrected chi connectivity index (χ2v) is 7.44. The van der Waals surface area contributed by atoms with Gasteiger partial charge in [0.15, 0.2) is 0 Å². The standard InChI is InChI=1S/C20H30N2O/c1-16-9-12-21(13-10-16)19-7-8-20(23)22(14-11-19)15-18-6-4-3-5-17(18)2/h3-6,16,19H,7-15H2,1-2H3. The monoisotopic (exact) mass is 314 g/mol. The lowest BCUT2D eigenvalue weighted by Crippen LogP contribution is -2.41. The van der Waals surface area contributed by atoms with E-state index in [4.69, 9.17) is 0 Å². The van der Waals surface area contributed by atoms with Crippen LogP contribution in [0.3, 0.4) is 0 Å². The zero-order valence-electron chi connectivity index (χ0n) is 14.6. The van der Waals surface area contributed by atoms with Gasteiger partial charge in [0.2, 0.25) is 5.91 Å². The highest BCUT2D eigenvalue weighted by Crippen LogP contribution is 2.25. The van der Waals surface area contributed by atoms with E-state index in [1.807, 2.05) is 0 Å². The summed E-state index contributed by atoms with van der Waals surface area (Å²) in [6.45, 7) is 8.61. The average Bonchev–Trinajstić information content (AvgIpc) is 2.73. The first kappa shape index (κ1) is 16.5. The molecule has 2 aliphatic rings. The predicted octanol–water partition coefficient (Wildman–Crippen LogP) is 3.61. The molecule has 2 aliphatic heterocycles. The minimum Gasteiger partial charge on any atom is -0.338 e. The molecule has 1 aromatic rings. The molecular weight excluding hydrogens is 284 g/mol. The molecule has 1 aromatic carbocycles. The van der Waals surface area contributed by atoms with E-state index in [-0.39, 0.29) is 0 Å². The molecule has 0 aliphatic carbocycles. The smallest absolute Gasteiger partial charge is 0.222 e. The van der Waals surface area contributed by atoms with Gasteiger partial charge in [0.1, 0.15) is 0 Å². The van der Waals surface area contributed by atoms with Crippen LogP contribution in [0.1, 0.15) is 50.2 Å². The van der Waals surface area contributed by atoms with Crippen LogP contribution in [0.25, 0.3) is 0 Å². The average molecular weight is 314 g/mol. The van der Waals surface area contributed by atoms with E-state index in [9.17, 15) is 4.79 Å². The molecule has 0 aromatic heterocycles. The van der Waals surface area contributed by atoms with Crippen molar-refractivity contribution in [3.05, 3.63) is 35.4 Å². The van der Waals surface area contributed by atoms with Crippen molar-refractivity contribution in [2.24, 2.45) is 5.92 Å². The van der Waals surface area contributed by atoms with Crippen LogP contribution in [0.15, 0.2) is 24.3 Å². The SMILES string of the molecule is Cc1ccccc1CN1CCC(N2CCC(C)CC2)CCC1=O. The maximum absolute atomic E-state index is 12.5. The number of piperidine rings is 1. The Hall–Kier alpha value is -1.35. The minimum absolute atomic E-state index is 0.334. The van der Waals surface area contributed by atoms with E-state index in [0.29, 0.717) is 18.4 Å². The van der Waals surface area contributed by atoms with Gasteiger partial charge >= 0.3 is 0 Å². The first-order valence-corrected chi connectivity index (χ1v) is 9.20.